The van der Waals surface area contributed by atoms with Crippen LogP contribution in [0.2, 0.25) is 0 Å². The van der Waals surface area contributed by atoms with Gasteiger partial charge in [0.05, 0.1) is 12.2 Å². The maximum atomic E-state index is 12.2. The van der Waals surface area contributed by atoms with Crippen LogP contribution in [0.3, 0.4) is 0 Å². The van der Waals surface area contributed by atoms with Crippen LogP contribution in [0, 0.1) is 12.3 Å². The van der Waals surface area contributed by atoms with Crippen LogP contribution in [0.5, 0.6) is 0 Å². The molecule has 0 unspecified atom stereocenters. The van der Waals surface area contributed by atoms with E-state index in [0.29, 0.717) is 17.9 Å². The van der Waals surface area contributed by atoms with Crippen LogP contribution in [0.25, 0.3) is 5.69 Å². The number of amides is 1. The lowest BCUT2D eigenvalue weighted by Crippen LogP contribution is -2.31. The summed E-state index contributed by atoms with van der Waals surface area (Å²) in [6.45, 7) is 2.71. The van der Waals surface area contributed by atoms with E-state index in [1.54, 1.807) is 34.0 Å². The lowest BCUT2D eigenvalue weighted by atomic mass is 10.3. The fraction of sp³-hybridized carbons (Fsp3) is 0.200. The molecule has 2 N–H and O–H groups in total. The monoisotopic (exact) mass is 268 g/mol. The van der Waals surface area contributed by atoms with Crippen LogP contribution in [-0.4, -0.2) is 33.7 Å². The Morgan fingerprint density at radius 3 is 2.95 bits per heavy atom. The lowest BCUT2D eigenvalue weighted by Gasteiger charge is -2.16. The first-order valence-corrected chi connectivity index (χ1v) is 6.30. The van der Waals surface area contributed by atoms with E-state index in [1.165, 1.54) is 0 Å². The minimum Gasteiger partial charge on any atom is -0.399 e. The number of hydrogen-bond acceptors (Lipinski definition) is 3. The number of carbonyl (C=O) groups excluding carboxylic acids is 1. The number of nitrogens with zero attached hydrogens (tertiary/aromatic N) is 3. The van der Waals surface area contributed by atoms with E-state index in [1.807, 2.05) is 19.1 Å². The molecule has 2 aromatic rings. The molecule has 0 spiro atoms. The maximum Gasteiger partial charge on any atom is 0.275 e. The molecule has 0 aliphatic rings. The topological polar surface area (TPSA) is 64.2 Å². The van der Waals surface area contributed by atoms with E-state index in [9.17, 15) is 4.79 Å². The SMILES string of the molecule is C#CCN(CC)C(=O)c1ccn(-c2cccc(N)c2)n1. The molecule has 0 aliphatic heterocycles. The number of hydrogen-bond donors (Lipinski definition) is 1. The number of nitrogens with two attached hydrogens (primary N) is 1. The summed E-state index contributed by atoms with van der Waals surface area (Å²) >= 11 is 0. The molecule has 0 aliphatic carbocycles. The molecule has 20 heavy (non-hydrogen) atoms. The van der Waals surface area contributed by atoms with Crippen LogP contribution in [0.4, 0.5) is 5.69 Å². The minimum atomic E-state index is -0.173. The van der Waals surface area contributed by atoms with Crippen molar-refractivity contribution in [3.05, 3.63) is 42.2 Å². The van der Waals surface area contributed by atoms with Gasteiger partial charge in [0, 0.05) is 18.4 Å². The third kappa shape index (κ3) is 2.81. The van der Waals surface area contributed by atoms with Crippen molar-refractivity contribution in [2.24, 2.45) is 0 Å². The van der Waals surface area contributed by atoms with Gasteiger partial charge in [-0.25, -0.2) is 4.68 Å². The molecule has 5 heteroatoms. The highest BCUT2D eigenvalue weighted by Crippen LogP contribution is 2.12. The molecule has 1 aromatic carbocycles. The number of carbonyl (C=O) groups is 1. The first-order valence-electron chi connectivity index (χ1n) is 6.30. The van der Waals surface area contributed by atoms with Gasteiger partial charge in [0.1, 0.15) is 0 Å². The van der Waals surface area contributed by atoms with Gasteiger partial charge in [0.25, 0.3) is 5.91 Å². The number of anilines is 1. The van der Waals surface area contributed by atoms with Crippen LogP contribution in [0.1, 0.15) is 17.4 Å². The van der Waals surface area contributed by atoms with E-state index >= 15 is 0 Å². The van der Waals surface area contributed by atoms with Gasteiger partial charge in [-0.15, -0.1) is 6.42 Å². The van der Waals surface area contributed by atoms with Gasteiger partial charge in [-0.3, -0.25) is 4.79 Å². The Hall–Kier alpha value is -2.74. The molecule has 1 amide bonds. The average Bonchev–Trinajstić information content (AvgIpc) is 2.94. The largest absolute Gasteiger partial charge is 0.399 e. The Balaban J connectivity index is 2.25. The van der Waals surface area contributed by atoms with Gasteiger partial charge in [-0.2, -0.15) is 5.10 Å². The summed E-state index contributed by atoms with van der Waals surface area (Å²) in [6, 6.07) is 8.97. The van der Waals surface area contributed by atoms with E-state index in [2.05, 4.69) is 11.0 Å². The normalized spacial score (nSPS) is 10.0. The van der Waals surface area contributed by atoms with Crippen LogP contribution >= 0.6 is 0 Å². The smallest absolute Gasteiger partial charge is 0.275 e. The summed E-state index contributed by atoms with van der Waals surface area (Å²) < 4.78 is 1.62. The number of benzene rings is 1. The van der Waals surface area contributed by atoms with E-state index < -0.39 is 0 Å². The quantitative estimate of drug-likeness (QED) is 0.676. The summed E-state index contributed by atoms with van der Waals surface area (Å²) in [7, 11) is 0. The Bertz CT molecular complexity index is 654. The van der Waals surface area contributed by atoms with Gasteiger partial charge >= 0.3 is 0 Å². The number of nitrogen functional groups attached to an aromatic ring is 1. The molecule has 1 aromatic heterocycles. The van der Waals surface area contributed by atoms with Gasteiger partial charge in [-0.05, 0) is 31.2 Å². The van der Waals surface area contributed by atoms with Crippen molar-refractivity contribution in [2.45, 2.75) is 6.92 Å². The van der Waals surface area contributed by atoms with Crippen LogP contribution in [0.15, 0.2) is 36.5 Å². The first-order chi connectivity index (χ1) is 9.65. The second-order valence-corrected chi connectivity index (χ2v) is 4.26. The highest BCUT2D eigenvalue weighted by Gasteiger charge is 2.16. The molecular formula is C15H16N4O. The molecule has 2 rings (SSSR count). The maximum absolute atomic E-state index is 12.2. The zero-order valence-electron chi connectivity index (χ0n) is 11.3. The summed E-state index contributed by atoms with van der Waals surface area (Å²) in [5, 5.41) is 4.27. The predicted molar refractivity (Wildman–Crippen MR) is 78.4 cm³/mol. The minimum absolute atomic E-state index is 0.173. The van der Waals surface area contributed by atoms with E-state index in [0.717, 1.165) is 5.69 Å². The molecule has 0 saturated heterocycles. The standard InChI is InChI=1S/C15H16N4O/c1-3-9-18(4-2)15(20)14-8-10-19(17-14)13-7-5-6-12(16)11-13/h1,5-8,10-11H,4,9,16H2,2H3. The molecule has 0 saturated carbocycles. The average molecular weight is 268 g/mol. The molecule has 0 radical (unpaired) electrons. The zero-order chi connectivity index (χ0) is 14.5. The second-order valence-electron chi connectivity index (χ2n) is 4.26. The number of terminal acetylenes is 1. The van der Waals surface area contributed by atoms with Crippen molar-refractivity contribution >= 4 is 11.6 Å². The van der Waals surface area contributed by atoms with Crippen molar-refractivity contribution in [3.8, 4) is 18.0 Å². The fourth-order valence-corrected chi connectivity index (χ4v) is 1.85. The second kappa shape index (κ2) is 5.93. The zero-order valence-corrected chi connectivity index (χ0v) is 11.3. The Morgan fingerprint density at radius 1 is 1.50 bits per heavy atom. The molecular weight excluding hydrogens is 252 g/mol. The molecule has 1 heterocycles. The predicted octanol–water partition coefficient (Wildman–Crippen LogP) is 1.55. The van der Waals surface area contributed by atoms with Gasteiger partial charge in [0.2, 0.25) is 0 Å². The van der Waals surface area contributed by atoms with Crippen molar-refractivity contribution in [3.63, 3.8) is 0 Å². The van der Waals surface area contributed by atoms with Crippen molar-refractivity contribution in [1.29, 1.82) is 0 Å². The fourth-order valence-electron chi connectivity index (χ4n) is 1.85. The molecule has 102 valence electrons. The molecule has 0 fully saturated rings. The molecule has 0 bridgehead atoms. The van der Waals surface area contributed by atoms with Gasteiger partial charge < -0.3 is 10.6 Å². The van der Waals surface area contributed by atoms with Crippen molar-refractivity contribution in [1.82, 2.24) is 14.7 Å². The third-order valence-electron chi connectivity index (χ3n) is 2.89. The van der Waals surface area contributed by atoms with E-state index in [-0.39, 0.29) is 12.5 Å². The van der Waals surface area contributed by atoms with Gasteiger partial charge in [-0.1, -0.05) is 12.0 Å². The summed E-state index contributed by atoms with van der Waals surface area (Å²) in [5.41, 5.74) is 7.55. The molecule has 5 nitrogen and oxygen atoms in total. The summed E-state index contributed by atoms with van der Waals surface area (Å²) in [6.07, 6.45) is 6.98. The molecule has 0 atom stereocenters. The third-order valence-corrected chi connectivity index (χ3v) is 2.89. The highest BCUT2D eigenvalue weighted by molar-refractivity contribution is 5.92. The summed E-state index contributed by atoms with van der Waals surface area (Å²) in [5.74, 6) is 2.30. The van der Waals surface area contributed by atoms with Crippen LogP contribution < -0.4 is 5.73 Å². The van der Waals surface area contributed by atoms with Gasteiger partial charge in [0.15, 0.2) is 5.69 Å². The number of aromatic nitrogens is 2. The summed E-state index contributed by atoms with van der Waals surface area (Å²) in [4.78, 5) is 13.8. The Kier molecular flexibility index (Phi) is 4.06. The van der Waals surface area contributed by atoms with Crippen molar-refractivity contribution < 1.29 is 4.79 Å². The lowest BCUT2D eigenvalue weighted by molar-refractivity contribution is 0.0778. The Morgan fingerprint density at radius 2 is 2.30 bits per heavy atom. The first kappa shape index (κ1) is 13.7. The highest BCUT2D eigenvalue weighted by atomic mass is 16.2. The Labute approximate surface area is 118 Å². The van der Waals surface area contributed by atoms with Crippen molar-refractivity contribution in [2.75, 3.05) is 18.8 Å². The van der Waals surface area contributed by atoms with E-state index in [4.69, 9.17) is 12.2 Å². The number of rotatable bonds is 4. The van der Waals surface area contributed by atoms with Crippen LogP contribution in [-0.2, 0) is 0 Å².